The zero-order valence-corrected chi connectivity index (χ0v) is 19.8. The van der Waals surface area contributed by atoms with E-state index in [1.165, 1.54) is 34.2 Å². The second-order valence-corrected chi connectivity index (χ2v) is 9.34. The molecule has 34 heavy (non-hydrogen) atoms. The monoisotopic (exact) mass is 493 g/mol. The summed E-state index contributed by atoms with van der Waals surface area (Å²) in [6.07, 6.45) is 1.75. The van der Waals surface area contributed by atoms with E-state index in [4.69, 9.17) is 16.3 Å². The number of benzene rings is 2. The Balaban J connectivity index is 1.49. The second-order valence-electron chi connectivity index (χ2n) is 8.05. The summed E-state index contributed by atoms with van der Waals surface area (Å²) < 4.78 is 6.25. The van der Waals surface area contributed by atoms with Crippen LogP contribution in [0.1, 0.15) is 11.1 Å². The van der Waals surface area contributed by atoms with E-state index < -0.39 is 12.0 Å². The van der Waals surface area contributed by atoms with Crippen molar-refractivity contribution < 1.29 is 14.3 Å². The molecule has 0 saturated heterocycles. The largest absolute Gasteiger partial charge is 0.467 e. The van der Waals surface area contributed by atoms with Crippen LogP contribution in [0.15, 0.2) is 65.0 Å². The molecule has 4 aromatic rings. The fourth-order valence-corrected chi connectivity index (χ4v) is 5.32. The number of halogens is 1. The van der Waals surface area contributed by atoms with E-state index in [2.05, 4.69) is 4.98 Å². The third-order valence-electron chi connectivity index (χ3n) is 6.06. The summed E-state index contributed by atoms with van der Waals surface area (Å²) in [5, 5.41) is 2.94. The van der Waals surface area contributed by atoms with Gasteiger partial charge < -0.3 is 9.64 Å². The fourth-order valence-electron chi connectivity index (χ4n) is 4.29. The van der Waals surface area contributed by atoms with Gasteiger partial charge in [-0.3, -0.25) is 14.2 Å². The number of ether oxygens (including phenoxy) is 1. The number of hydrogen-bond donors (Lipinski definition) is 0. The molecule has 1 aliphatic heterocycles. The number of hydrogen-bond acceptors (Lipinski definition) is 6. The lowest BCUT2D eigenvalue weighted by molar-refractivity contribution is -0.154. The zero-order chi connectivity index (χ0) is 23.8. The maximum absolute atomic E-state index is 13.4. The second kappa shape index (κ2) is 9.04. The lowest BCUT2D eigenvalue weighted by Crippen LogP contribution is -2.50. The van der Waals surface area contributed by atoms with Crippen LogP contribution in [-0.2, 0) is 33.8 Å². The Kier molecular flexibility index (Phi) is 5.93. The molecule has 0 spiro atoms. The first-order chi connectivity index (χ1) is 16.5. The van der Waals surface area contributed by atoms with Crippen LogP contribution in [0.5, 0.6) is 0 Å². The van der Waals surface area contributed by atoms with E-state index >= 15 is 0 Å². The fraction of sp³-hybridized carbons (Fsp3) is 0.200. The third-order valence-corrected chi connectivity index (χ3v) is 7.20. The highest BCUT2D eigenvalue weighted by Gasteiger charge is 2.35. The van der Waals surface area contributed by atoms with E-state index in [1.54, 1.807) is 12.1 Å². The lowest BCUT2D eigenvalue weighted by atomic mass is 9.94. The van der Waals surface area contributed by atoms with Crippen LogP contribution >= 0.6 is 22.9 Å². The Morgan fingerprint density at radius 2 is 1.88 bits per heavy atom. The van der Waals surface area contributed by atoms with Gasteiger partial charge in [0.05, 0.1) is 18.8 Å². The molecule has 7 nitrogen and oxygen atoms in total. The van der Waals surface area contributed by atoms with E-state index in [9.17, 15) is 14.4 Å². The predicted molar refractivity (Wildman–Crippen MR) is 131 cm³/mol. The first-order valence-electron chi connectivity index (χ1n) is 10.6. The topological polar surface area (TPSA) is 81.5 Å². The van der Waals surface area contributed by atoms with Crippen molar-refractivity contribution in [3.05, 3.63) is 86.7 Å². The molecule has 3 heterocycles. The molecule has 0 bridgehead atoms. The van der Waals surface area contributed by atoms with E-state index in [1.807, 2.05) is 41.8 Å². The van der Waals surface area contributed by atoms with Crippen molar-refractivity contribution in [3.63, 3.8) is 0 Å². The molecular weight excluding hydrogens is 474 g/mol. The Morgan fingerprint density at radius 3 is 2.62 bits per heavy atom. The van der Waals surface area contributed by atoms with Gasteiger partial charge in [-0.15, -0.1) is 11.3 Å². The smallest absolute Gasteiger partial charge is 0.328 e. The van der Waals surface area contributed by atoms with Gasteiger partial charge >= 0.3 is 5.97 Å². The van der Waals surface area contributed by atoms with Crippen LogP contribution in [0, 0.1) is 0 Å². The minimum atomic E-state index is -0.745. The lowest BCUT2D eigenvalue weighted by Gasteiger charge is -2.35. The number of fused-ring (bicyclic) bond motifs is 2. The number of carbonyl (C=O) groups is 2. The highest BCUT2D eigenvalue weighted by Crippen LogP contribution is 2.31. The highest BCUT2D eigenvalue weighted by atomic mass is 35.5. The molecule has 0 saturated carbocycles. The zero-order valence-electron chi connectivity index (χ0n) is 18.2. The summed E-state index contributed by atoms with van der Waals surface area (Å²) in [5.74, 6) is -0.830. The molecule has 2 aromatic carbocycles. The number of esters is 1. The summed E-state index contributed by atoms with van der Waals surface area (Å²) in [6, 6.07) is 14.2. The molecule has 2 aromatic heterocycles. The van der Waals surface area contributed by atoms with Crippen molar-refractivity contribution in [2.24, 2.45) is 0 Å². The van der Waals surface area contributed by atoms with E-state index in [0.29, 0.717) is 21.7 Å². The molecule has 0 unspecified atom stereocenters. The average Bonchev–Trinajstić information content (AvgIpc) is 3.29. The predicted octanol–water partition coefficient (Wildman–Crippen LogP) is 3.90. The molecule has 5 rings (SSSR count). The molecular formula is C25H20ClN3O4S. The van der Waals surface area contributed by atoms with Gasteiger partial charge in [-0.25, -0.2) is 9.78 Å². The number of rotatable bonds is 4. The molecule has 1 atom stereocenters. The standard InChI is InChI=1S/C25H20ClN3O4S/c1-33-25(32)20-10-16-4-2-3-5-17(16)11-29(20)21(30)12-28-14-27-23-22(24(28)31)19(13-34-23)15-6-8-18(26)9-7-15/h2-9,13-14,20H,10-12H2,1H3/t20-/m0/s1. The number of carbonyl (C=O) groups excluding carboxylic acids is 2. The van der Waals surface area contributed by atoms with Crippen molar-refractivity contribution in [3.8, 4) is 11.1 Å². The van der Waals surface area contributed by atoms with Crippen molar-refractivity contribution >= 4 is 45.0 Å². The quantitative estimate of drug-likeness (QED) is 0.403. The van der Waals surface area contributed by atoms with Crippen molar-refractivity contribution in [2.75, 3.05) is 7.11 Å². The summed E-state index contributed by atoms with van der Waals surface area (Å²) in [5.41, 5.74) is 3.26. The van der Waals surface area contributed by atoms with Crippen LogP contribution < -0.4 is 5.56 Å². The van der Waals surface area contributed by atoms with Gasteiger partial charge in [0.15, 0.2) is 0 Å². The van der Waals surface area contributed by atoms with Crippen LogP contribution in [0.25, 0.3) is 21.3 Å². The number of nitrogens with zero attached hydrogens (tertiary/aromatic N) is 3. The Bertz CT molecular complexity index is 1460. The van der Waals surface area contributed by atoms with Gasteiger partial charge in [0, 0.05) is 28.9 Å². The first-order valence-corrected chi connectivity index (χ1v) is 11.9. The molecule has 9 heteroatoms. The van der Waals surface area contributed by atoms with Crippen LogP contribution in [0.4, 0.5) is 0 Å². The van der Waals surface area contributed by atoms with Crippen molar-refractivity contribution in [1.29, 1.82) is 0 Å². The number of amides is 1. The molecule has 0 N–H and O–H groups in total. The van der Waals surface area contributed by atoms with E-state index in [-0.39, 0.29) is 24.6 Å². The van der Waals surface area contributed by atoms with Gasteiger partial charge in [-0.2, -0.15) is 0 Å². The SMILES string of the molecule is COC(=O)[C@@H]1Cc2ccccc2CN1C(=O)Cn1cnc2scc(-c3ccc(Cl)cc3)c2c1=O. The van der Waals surface area contributed by atoms with Gasteiger partial charge in [0.1, 0.15) is 17.4 Å². The van der Waals surface area contributed by atoms with Crippen LogP contribution in [-0.4, -0.2) is 39.5 Å². The van der Waals surface area contributed by atoms with Crippen LogP contribution in [0.2, 0.25) is 5.02 Å². The minimum Gasteiger partial charge on any atom is -0.467 e. The Hall–Kier alpha value is -3.49. The molecule has 0 radical (unpaired) electrons. The van der Waals surface area contributed by atoms with Gasteiger partial charge in [-0.05, 0) is 28.8 Å². The maximum Gasteiger partial charge on any atom is 0.328 e. The molecule has 172 valence electrons. The summed E-state index contributed by atoms with van der Waals surface area (Å²) >= 11 is 7.37. The molecule has 1 amide bonds. The Morgan fingerprint density at radius 1 is 1.15 bits per heavy atom. The van der Waals surface area contributed by atoms with Gasteiger partial charge in [0.2, 0.25) is 5.91 Å². The third kappa shape index (κ3) is 3.99. The van der Waals surface area contributed by atoms with Gasteiger partial charge in [0.25, 0.3) is 5.56 Å². The number of methoxy groups -OCH3 is 1. The van der Waals surface area contributed by atoms with Crippen molar-refractivity contribution in [2.45, 2.75) is 25.6 Å². The molecule has 1 aliphatic rings. The van der Waals surface area contributed by atoms with Crippen molar-refractivity contribution in [1.82, 2.24) is 14.5 Å². The van der Waals surface area contributed by atoms with Crippen LogP contribution in [0.3, 0.4) is 0 Å². The highest BCUT2D eigenvalue weighted by molar-refractivity contribution is 7.17. The van der Waals surface area contributed by atoms with E-state index in [0.717, 1.165) is 22.3 Å². The molecule has 0 fully saturated rings. The summed E-state index contributed by atoms with van der Waals surface area (Å²) in [7, 11) is 1.31. The summed E-state index contributed by atoms with van der Waals surface area (Å²) in [4.78, 5) is 45.7. The normalized spacial score (nSPS) is 15.2. The van der Waals surface area contributed by atoms with Gasteiger partial charge in [-0.1, -0.05) is 48.0 Å². The number of thiophene rings is 1. The minimum absolute atomic E-state index is 0.229. The molecule has 0 aliphatic carbocycles. The maximum atomic E-state index is 13.4. The Labute approximate surface area is 204 Å². The summed E-state index contributed by atoms with van der Waals surface area (Å²) in [6.45, 7) is 0.0427. The number of aromatic nitrogens is 2. The first kappa shape index (κ1) is 22.3. The average molecular weight is 494 g/mol.